The molecule has 0 spiro atoms. The number of nitrogens with one attached hydrogen (secondary N) is 1. The van der Waals surface area contributed by atoms with Crippen LogP contribution in [0.5, 0.6) is 0 Å². The third-order valence-electron chi connectivity index (χ3n) is 4.11. The molecule has 1 aliphatic rings. The Hall–Kier alpha value is -1.55. The second-order valence-corrected chi connectivity index (χ2v) is 5.77. The van der Waals surface area contributed by atoms with E-state index in [4.69, 9.17) is 5.73 Å². The molecular weight excluding hydrogens is 250 g/mol. The Morgan fingerprint density at radius 3 is 3.00 bits per heavy atom. The highest BCUT2D eigenvalue weighted by molar-refractivity contribution is 5.92. The number of nitrogens with two attached hydrogens (primary N) is 1. The summed E-state index contributed by atoms with van der Waals surface area (Å²) in [4.78, 5) is 14.3. The van der Waals surface area contributed by atoms with E-state index in [1.54, 1.807) is 0 Å². The number of aryl methyl sites for hydroxylation is 1. The van der Waals surface area contributed by atoms with E-state index in [0.717, 1.165) is 30.3 Å². The van der Waals surface area contributed by atoms with Crippen LogP contribution in [0.25, 0.3) is 0 Å². The fourth-order valence-electron chi connectivity index (χ4n) is 2.75. The van der Waals surface area contributed by atoms with Gasteiger partial charge in [0.25, 0.3) is 0 Å². The van der Waals surface area contributed by atoms with Crippen molar-refractivity contribution >= 4 is 17.3 Å². The minimum atomic E-state index is 0.0463. The van der Waals surface area contributed by atoms with Crippen molar-refractivity contribution in [3.05, 3.63) is 23.8 Å². The highest BCUT2D eigenvalue weighted by Crippen LogP contribution is 2.20. The fraction of sp³-hybridized carbons (Fsp3) is 0.562. The molecule has 110 valence electrons. The molecule has 0 radical (unpaired) electrons. The first-order valence-electron chi connectivity index (χ1n) is 7.46. The molecule has 1 saturated heterocycles. The molecule has 1 aromatic carbocycles. The summed E-state index contributed by atoms with van der Waals surface area (Å²) in [6, 6.07) is 5.64. The lowest BCUT2D eigenvalue weighted by molar-refractivity contribution is -0.117. The number of likely N-dealkylation sites (tertiary alicyclic amines) is 1. The van der Waals surface area contributed by atoms with E-state index in [-0.39, 0.29) is 5.91 Å². The summed E-state index contributed by atoms with van der Waals surface area (Å²) in [6.45, 7) is 6.73. The predicted molar refractivity (Wildman–Crippen MR) is 83.7 cm³/mol. The molecule has 1 heterocycles. The van der Waals surface area contributed by atoms with Crippen molar-refractivity contribution in [2.24, 2.45) is 5.92 Å². The molecule has 4 heteroatoms. The third kappa shape index (κ3) is 3.97. The highest BCUT2D eigenvalue weighted by Gasteiger charge is 2.20. The van der Waals surface area contributed by atoms with E-state index in [1.807, 2.05) is 25.1 Å². The summed E-state index contributed by atoms with van der Waals surface area (Å²) in [6.07, 6.45) is 3.69. The van der Waals surface area contributed by atoms with E-state index < -0.39 is 0 Å². The number of rotatable bonds is 4. The zero-order chi connectivity index (χ0) is 14.5. The van der Waals surface area contributed by atoms with Gasteiger partial charge in [-0.15, -0.1) is 0 Å². The molecule has 1 aromatic rings. The van der Waals surface area contributed by atoms with Crippen LogP contribution in [0.4, 0.5) is 11.4 Å². The Kier molecular flexibility index (Phi) is 5.01. The lowest BCUT2D eigenvalue weighted by Crippen LogP contribution is -2.40. The molecule has 1 fully saturated rings. The number of nitrogens with zero attached hydrogens (tertiary/aromatic N) is 1. The molecular formula is C16H25N3O. The zero-order valence-corrected chi connectivity index (χ0v) is 12.5. The van der Waals surface area contributed by atoms with E-state index in [1.165, 1.54) is 19.3 Å². The Bertz CT molecular complexity index is 473. The molecule has 2 rings (SSSR count). The average Bonchev–Trinajstić information content (AvgIpc) is 2.43. The van der Waals surface area contributed by atoms with Crippen LogP contribution >= 0.6 is 0 Å². The minimum Gasteiger partial charge on any atom is -0.398 e. The molecule has 4 nitrogen and oxygen atoms in total. The monoisotopic (exact) mass is 275 g/mol. The van der Waals surface area contributed by atoms with Gasteiger partial charge in [-0.1, -0.05) is 19.4 Å². The van der Waals surface area contributed by atoms with E-state index in [2.05, 4.69) is 17.1 Å². The summed E-state index contributed by atoms with van der Waals surface area (Å²) >= 11 is 0. The normalized spacial score (nSPS) is 19.8. The third-order valence-corrected chi connectivity index (χ3v) is 4.11. The summed E-state index contributed by atoms with van der Waals surface area (Å²) < 4.78 is 0. The van der Waals surface area contributed by atoms with Crippen LogP contribution < -0.4 is 11.1 Å². The van der Waals surface area contributed by atoms with Crippen LogP contribution in [0.1, 0.15) is 31.7 Å². The molecule has 0 saturated carbocycles. The van der Waals surface area contributed by atoms with Gasteiger partial charge in [0, 0.05) is 17.9 Å². The lowest BCUT2D eigenvalue weighted by atomic mass is 9.96. The number of piperidine rings is 1. The number of carbonyl (C=O) groups is 1. The molecule has 1 unspecified atom stereocenters. The Balaban J connectivity index is 1.87. The summed E-state index contributed by atoms with van der Waals surface area (Å²) in [7, 11) is 0. The summed E-state index contributed by atoms with van der Waals surface area (Å²) in [5.74, 6) is 0.788. The first-order valence-corrected chi connectivity index (χ1v) is 7.46. The standard InChI is InChI=1S/C16H25N3O/c1-3-13-5-4-8-19(10-13)11-16(20)18-14-7-6-12(2)15(17)9-14/h6-7,9,13H,3-5,8,10-11,17H2,1-2H3,(H,18,20). The van der Waals surface area contributed by atoms with Crippen LogP contribution in [0.2, 0.25) is 0 Å². The zero-order valence-electron chi connectivity index (χ0n) is 12.5. The topological polar surface area (TPSA) is 58.4 Å². The number of benzene rings is 1. The van der Waals surface area contributed by atoms with Gasteiger partial charge in [0.1, 0.15) is 0 Å². The number of anilines is 2. The van der Waals surface area contributed by atoms with Crippen molar-refractivity contribution in [1.29, 1.82) is 0 Å². The number of hydrogen-bond donors (Lipinski definition) is 2. The van der Waals surface area contributed by atoms with E-state index in [9.17, 15) is 4.79 Å². The van der Waals surface area contributed by atoms with Gasteiger partial charge < -0.3 is 11.1 Å². The lowest BCUT2D eigenvalue weighted by Gasteiger charge is -2.31. The maximum atomic E-state index is 12.1. The molecule has 0 bridgehead atoms. The van der Waals surface area contributed by atoms with Crippen molar-refractivity contribution in [2.75, 3.05) is 30.7 Å². The average molecular weight is 275 g/mol. The van der Waals surface area contributed by atoms with Crippen LogP contribution in [0.15, 0.2) is 18.2 Å². The van der Waals surface area contributed by atoms with E-state index in [0.29, 0.717) is 12.2 Å². The molecule has 3 N–H and O–H groups in total. The Labute approximate surface area is 121 Å². The fourth-order valence-corrected chi connectivity index (χ4v) is 2.75. The van der Waals surface area contributed by atoms with Crippen LogP contribution in [-0.4, -0.2) is 30.4 Å². The number of amides is 1. The number of nitrogen functional groups attached to an aromatic ring is 1. The van der Waals surface area contributed by atoms with E-state index >= 15 is 0 Å². The van der Waals surface area contributed by atoms with Gasteiger partial charge in [-0.2, -0.15) is 0 Å². The number of hydrogen-bond acceptors (Lipinski definition) is 3. The van der Waals surface area contributed by atoms with Crippen molar-refractivity contribution in [1.82, 2.24) is 4.90 Å². The van der Waals surface area contributed by atoms with Gasteiger partial charge in [0.05, 0.1) is 6.54 Å². The molecule has 20 heavy (non-hydrogen) atoms. The first kappa shape index (κ1) is 14.9. The van der Waals surface area contributed by atoms with Crippen LogP contribution in [0.3, 0.4) is 0 Å². The smallest absolute Gasteiger partial charge is 0.238 e. The van der Waals surface area contributed by atoms with Crippen molar-refractivity contribution in [3.8, 4) is 0 Å². The van der Waals surface area contributed by atoms with Crippen LogP contribution in [0, 0.1) is 12.8 Å². The van der Waals surface area contributed by atoms with Gasteiger partial charge >= 0.3 is 0 Å². The maximum absolute atomic E-state index is 12.1. The molecule has 1 amide bonds. The van der Waals surface area contributed by atoms with Gasteiger partial charge in [0.2, 0.25) is 5.91 Å². The maximum Gasteiger partial charge on any atom is 0.238 e. The second-order valence-electron chi connectivity index (χ2n) is 5.77. The largest absolute Gasteiger partial charge is 0.398 e. The predicted octanol–water partition coefficient (Wildman–Crippen LogP) is 2.64. The summed E-state index contributed by atoms with van der Waals surface area (Å²) in [5, 5.41) is 2.93. The highest BCUT2D eigenvalue weighted by atomic mass is 16.2. The Morgan fingerprint density at radius 2 is 2.30 bits per heavy atom. The molecule has 1 atom stereocenters. The second kappa shape index (κ2) is 6.75. The molecule has 0 aromatic heterocycles. The van der Waals surface area contributed by atoms with Gasteiger partial charge in [-0.05, 0) is 49.9 Å². The van der Waals surface area contributed by atoms with Gasteiger partial charge in [-0.3, -0.25) is 9.69 Å². The van der Waals surface area contributed by atoms with Crippen molar-refractivity contribution in [3.63, 3.8) is 0 Å². The minimum absolute atomic E-state index is 0.0463. The molecule has 0 aliphatic carbocycles. The summed E-state index contributed by atoms with van der Waals surface area (Å²) in [5.41, 5.74) is 8.38. The van der Waals surface area contributed by atoms with Crippen molar-refractivity contribution < 1.29 is 4.79 Å². The van der Waals surface area contributed by atoms with Crippen LogP contribution in [-0.2, 0) is 4.79 Å². The molecule has 1 aliphatic heterocycles. The number of carbonyl (C=O) groups excluding carboxylic acids is 1. The quantitative estimate of drug-likeness (QED) is 0.831. The Morgan fingerprint density at radius 1 is 1.50 bits per heavy atom. The van der Waals surface area contributed by atoms with Gasteiger partial charge in [0.15, 0.2) is 0 Å². The van der Waals surface area contributed by atoms with Crippen molar-refractivity contribution in [2.45, 2.75) is 33.1 Å². The SMILES string of the molecule is CCC1CCCN(CC(=O)Nc2ccc(C)c(N)c2)C1. The van der Waals surface area contributed by atoms with Gasteiger partial charge in [-0.25, -0.2) is 0 Å². The first-order chi connectivity index (χ1) is 9.58.